The Morgan fingerprint density at radius 3 is 2.77 bits per heavy atom. The van der Waals surface area contributed by atoms with Crippen LogP contribution in [0.2, 0.25) is 25.7 Å². The fourth-order valence-electron chi connectivity index (χ4n) is 5.19. The quantitative estimate of drug-likeness (QED) is 0.264. The van der Waals surface area contributed by atoms with E-state index in [4.69, 9.17) is 9.47 Å². The normalized spacial score (nSPS) is 19.5. The lowest BCUT2D eigenvalue weighted by Gasteiger charge is -2.29. The number of nitrogens with one attached hydrogen (secondary N) is 1. The largest absolute Gasteiger partial charge is 0.488 e. The van der Waals surface area contributed by atoms with Crippen LogP contribution in [-0.4, -0.2) is 30.5 Å². The van der Waals surface area contributed by atoms with Crippen molar-refractivity contribution >= 4 is 13.8 Å². The molecule has 1 N–H and O–H groups in total. The van der Waals surface area contributed by atoms with E-state index in [0.29, 0.717) is 19.4 Å². The molecular weight excluding hydrogens is 450 g/mol. The zero-order valence-corrected chi connectivity index (χ0v) is 22.6. The number of hydrogen-bond acceptors (Lipinski definition) is 4. The van der Waals surface area contributed by atoms with Crippen molar-refractivity contribution < 1.29 is 9.47 Å². The van der Waals surface area contributed by atoms with Gasteiger partial charge in [0.25, 0.3) is 0 Å². The molecule has 3 aromatic rings. The number of fused-ring (bicyclic) bond motifs is 3. The maximum atomic E-state index is 6.21. The van der Waals surface area contributed by atoms with E-state index < -0.39 is 8.07 Å². The molecule has 2 aliphatic rings. The predicted octanol–water partition coefficient (Wildman–Crippen LogP) is 7.41. The van der Waals surface area contributed by atoms with Gasteiger partial charge in [0.1, 0.15) is 19.1 Å². The van der Waals surface area contributed by atoms with Crippen molar-refractivity contribution in [1.82, 2.24) is 9.78 Å². The number of nitrogens with zero attached hydrogens (tertiary/aromatic N) is 2. The second-order valence-electron chi connectivity index (χ2n) is 11.6. The van der Waals surface area contributed by atoms with E-state index in [1.54, 1.807) is 0 Å². The van der Waals surface area contributed by atoms with Gasteiger partial charge < -0.3 is 14.8 Å². The summed E-state index contributed by atoms with van der Waals surface area (Å²) in [5, 5.41) is 8.25. The van der Waals surface area contributed by atoms with Gasteiger partial charge in [0.05, 0.1) is 6.20 Å². The van der Waals surface area contributed by atoms with Crippen LogP contribution >= 0.6 is 0 Å². The van der Waals surface area contributed by atoms with Crippen LogP contribution < -0.4 is 10.1 Å². The lowest BCUT2D eigenvalue weighted by molar-refractivity contribution is 0.0786. The third kappa shape index (κ3) is 5.99. The van der Waals surface area contributed by atoms with Crippen molar-refractivity contribution in [1.29, 1.82) is 0 Å². The molecule has 0 unspecified atom stereocenters. The average Bonchev–Trinajstić information content (AvgIpc) is 3.30. The monoisotopic (exact) mass is 489 g/mol. The summed E-state index contributed by atoms with van der Waals surface area (Å²) in [5.41, 5.74) is 7.09. The van der Waals surface area contributed by atoms with Crippen LogP contribution in [-0.2, 0) is 18.1 Å². The number of ether oxygens (including phenoxy) is 2. The lowest BCUT2D eigenvalue weighted by atomic mass is 9.87. The van der Waals surface area contributed by atoms with Gasteiger partial charge in [0, 0.05) is 49.8 Å². The summed E-state index contributed by atoms with van der Waals surface area (Å²) >= 11 is 0. The molecule has 1 aromatic heterocycles. The van der Waals surface area contributed by atoms with Crippen molar-refractivity contribution in [3.8, 4) is 28.0 Å². The van der Waals surface area contributed by atoms with E-state index in [-0.39, 0.29) is 0 Å². The summed E-state index contributed by atoms with van der Waals surface area (Å²) in [6.45, 7) is 11.4. The molecule has 1 fully saturated rings. The predicted molar refractivity (Wildman–Crippen MR) is 147 cm³/mol. The van der Waals surface area contributed by atoms with Crippen molar-refractivity contribution in [2.75, 3.05) is 11.9 Å². The molecule has 0 spiro atoms. The number of rotatable bonds is 8. The zero-order valence-electron chi connectivity index (χ0n) is 21.6. The summed E-state index contributed by atoms with van der Waals surface area (Å²) in [5.74, 6) is 1.79. The molecule has 2 heterocycles. The van der Waals surface area contributed by atoms with Gasteiger partial charge in [-0.3, -0.25) is 0 Å². The van der Waals surface area contributed by atoms with Gasteiger partial charge in [-0.25, -0.2) is 4.68 Å². The molecule has 0 bridgehead atoms. The highest BCUT2D eigenvalue weighted by Crippen LogP contribution is 2.41. The molecule has 5 nitrogen and oxygen atoms in total. The molecule has 2 aromatic carbocycles. The minimum Gasteiger partial charge on any atom is -0.488 e. The lowest BCUT2D eigenvalue weighted by Crippen LogP contribution is -2.26. The van der Waals surface area contributed by atoms with Gasteiger partial charge >= 0.3 is 0 Å². The van der Waals surface area contributed by atoms with Crippen molar-refractivity contribution in [2.45, 2.75) is 77.7 Å². The van der Waals surface area contributed by atoms with Crippen LogP contribution in [0.3, 0.4) is 0 Å². The summed E-state index contributed by atoms with van der Waals surface area (Å²) in [4.78, 5) is 0. The highest BCUT2D eigenvalue weighted by molar-refractivity contribution is 6.76. The maximum absolute atomic E-state index is 6.21. The number of benzene rings is 2. The Morgan fingerprint density at radius 2 is 1.94 bits per heavy atom. The van der Waals surface area contributed by atoms with Gasteiger partial charge in [-0.05, 0) is 59.7 Å². The molecule has 0 radical (unpaired) electrons. The summed E-state index contributed by atoms with van der Waals surface area (Å²) in [6, 6.07) is 15.0. The Bertz CT molecular complexity index is 1170. The Balaban J connectivity index is 1.26. The Labute approximate surface area is 210 Å². The van der Waals surface area contributed by atoms with Crippen molar-refractivity contribution in [2.24, 2.45) is 5.92 Å². The molecule has 1 aliphatic heterocycles. The minimum absolute atomic E-state index is 0.502. The fraction of sp³-hybridized carbons (Fsp3) is 0.483. The number of aromatic nitrogens is 2. The first-order chi connectivity index (χ1) is 16.8. The molecule has 186 valence electrons. The van der Waals surface area contributed by atoms with Gasteiger partial charge in [0.2, 0.25) is 0 Å². The van der Waals surface area contributed by atoms with Crippen LogP contribution in [0.1, 0.15) is 38.2 Å². The summed E-state index contributed by atoms with van der Waals surface area (Å²) in [7, 11) is -1.07. The van der Waals surface area contributed by atoms with Gasteiger partial charge in [-0.15, -0.1) is 0 Å². The third-order valence-electron chi connectivity index (χ3n) is 7.25. The highest BCUT2D eigenvalue weighted by atomic mass is 28.3. The molecule has 0 saturated heterocycles. The van der Waals surface area contributed by atoms with Crippen molar-refractivity contribution in [3.63, 3.8) is 0 Å². The van der Waals surface area contributed by atoms with E-state index in [1.165, 1.54) is 54.1 Å². The first kappa shape index (κ1) is 24.1. The molecular formula is C29H39N3O2Si. The molecule has 0 amide bonds. The van der Waals surface area contributed by atoms with Crippen LogP contribution in [0.4, 0.5) is 5.69 Å². The SMILES string of the molecule is C[C@@H]1CCC[C@@H](Nc2ccc3c(c2)OCc2cc(-c4cnn(COCC[Si](C)(C)C)c4)ccc2-3)C1. The summed E-state index contributed by atoms with van der Waals surface area (Å²) in [6.07, 6.45) is 9.18. The minimum atomic E-state index is -1.07. The average molecular weight is 490 g/mol. The highest BCUT2D eigenvalue weighted by Gasteiger charge is 2.21. The van der Waals surface area contributed by atoms with Crippen LogP contribution in [0.15, 0.2) is 48.8 Å². The molecule has 6 heteroatoms. The molecule has 1 aliphatic carbocycles. The van der Waals surface area contributed by atoms with Gasteiger partial charge in [-0.2, -0.15) is 5.10 Å². The smallest absolute Gasteiger partial charge is 0.139 e. The molecule has 5 rings (SSSR count). The molecule has 35 heavy (non-hydrogen) atoms. The Hall–Kier alpha value is -2.57. The van der Waals surface area contributed by atoms with E-state index in [0.717, 1.165) is 29.4 Å². The fourth-order valence-corrected chi connectivity index (χ4v) is 5.94. The third-order valence-corrected chi connectivity index (χ3v) is 8.96. The zero-order chi connectivity index (χ0) is 24.4. The van der Waals surface area contributed by atoms with E-state index >= 15 is 0 Å². The van der Waals surface area contributed by atoms with Crippen LogP contribution in [0.5, 0.6) is 5.75 Å². The van der Waals surface area contributed by atoms with Crippen LogP contribution in [0.25, 0.3) is 22.3 Å². The van der Waals surface area contributed by atoms with E-state index in [9.17, 15) is 0 Å². The first-order valence-corrected chi connectivity index (χ1v) is 16.8. The Kier molecular flexibility index (Phi) is 7.03. The standard InChI is InChI=1S/C29H39N3O2Si/c1-21-6-5-7-25(14-21)31-26-9-11-28-27-10-8-22(15-23(27)19-34-29(28)16-26)24-17-30-32(18-24)20-33-12-13-35(2,3)4/h8-11,15-18,21,25,31H,5-7,12-14,19-20H2,1-4H3/t21-,25-/m1/s1. The Morgan fingerprint density at radius 1 is 1.09 bits per heavy atom. The van der Waals surface area contributed by atoms with E-state index in [1.807, 2.05) is 10.9 Å². The maximum Gasteiger partial charge on any atom is 0.139 e. The number of hydrogen-bond donors (Lipinski definition) is 1. The second kappa shape index (κ2) is 10.2. The van der Waals surface area contributed by atoms with Gasteiger partial charge in [-0.1, -0.05) is 51.5 Å². The first-order valence-electron chi connectivity index (χ1n) is 13.1. The molecule has 1 saturated carbocycles. The summed E-state index contributed by atoms with van der Waals surface area (Å²) < 4.78 is 13.9. The molecule has 2 atom stereocenters. The van der Waals surface area contributed by atoms with Crippen molar-refractivity contribution in [3.05, 3.63) is 54.4 Å². The second-order valence-corrected chi connectivity index (χ2v) is 17.2. The van der Waals surface area contributed by atoms with E-state index in [2.05, 4.69) is 79.6 Å². The van der Waals surface area contributed by atoms with Gasteiger partial charge in [0.15, 0.2) is 0 Å². The number of anilines is 1. The van der Waals surface area contributed by atoms with Crippen LogP contribution in [0, 0.1) is 5.92 Å². The topological polar surface area (TPSA) is 48.3 Å².